The minimum absolute atomic E-state index is 0. The minimum Gasteiger partial charge on any atom is -0.501 e. The molecule has 0 fully saturated rings. The molecular formula is C53H49IrN3OSi-2. The summed E-state index contributed by atoms with van der Waals surface area (Å²) < 4.78 is 8.51. The Morgan fingerprint density at radius 1 is 0.729 bits per heavy atom. The molecule has 1 radical (unpaired) electrons. The van der Waals surface area contributed by atoms with Crippen molar-refractivity contribution in [1.82, 2.24) is 14.5 Å². The van der Waals surface area contributed by atoms with E-state index in [1.807, 2.05) is 30.3 Å². The van der Waals surface area contributed by atoms with Crippen LogP contribution < -0.4 is 5.19 Å². The first kappa shape index (κ1) is 40.4. The van der Waals surface area contributed by atoms with Gasteiger partial charge in [0.25, 0.3) is 0 Å². The summed E-state index contributed by atoms with van der Waals surface area (Å²) in [6, 6.07) is 51.4. The fraction of sp³-hybridized carbons (Fsp3) is 0.208. The zero-order valence-corrected chi connectivity index (χ0v) is 38.7. The summed E-state index contributed by atoms with van der Waals surface area (Å²) in [6.07, 6.45) is 2.11. The van der Waals surface area contributed by atoms with Gasteiger partial charge in [-0.05, 0) is 75.7 Å². The van der Waals surface area contributed by atoms with E-state index in [2.05, 4.69) is 181 Å². The zero-order chi connectivity index (χ0) is 40.6. The van der Waals surface area contributed by atoms with Crippen molar-refractivity contribution in [3.05, 3.63) is 168 Å². The fourth-order valence-electron chi connectivity index (χ4n) is 8.87. The molecule has 10 rings (SSSR count). The van der Waals surface area contributed by atoms with Crippen molar-refractivity contribution in [3.8, 4) is 39.5 Å². The van der Waals surface area contributed by atoms with Gasteiger partial charge in [-0.2, -0.15) is 0 Å². The van der Waals surface area contributed by atoms with Crippen LogP contribution in [0.4, 0.5) is 0 Å². The largest absolute Gasteiger partial charge is 0.501 e. The van der Waals surface area contributed by atoms with Gasteiger partial charge in [0, 0.05) is 37.4 Å². The van der Waals surface area contributed by atoms with Gasteiger partial charge in [-0.25, -0.2) is 0 Å². The number of aryl methyl sites for hydroxylation is 1. The van der Waals surface area contributed by atoms with Crippen LogP contribution in [0.2, 0.25) is 19.6 Å². The summed E-state index contributed by atoms with van der Waals surface area (Å²) in [5.41, 5.74) is 16.0. The van der Waals surface area contributed by atoms with Crippen LogP contribution in [0.3, 0.4) is 0 Å². The number of para-hydroxylation sites is 3. The third-order valence-electron chi connectivity index (χ3n) is 11.8. The molecule has 0 saturated carbocycles. The maximum atomic E-state index is 6.30. The molecule has 0 spiro atoms. The average molecular weight is 964 g/mol. The molecule has 59 heavy (non-hydrogen) atoms. The smallest absolute Gasteiger partial charge is 0.120 e. The van der Waals surface area contributed by atoms with Crippen LogP contribution in [0.15, 0.2) is 138 Å². The number of hydrogen-bond donors (Lipinski definition) is 0. The second-order valence-electron chi connectivity index (χ2n) is 18.2. The molecule has 0 N–H and O–H groups in total. The Hall–Kier alpha value is -5.39. The van der Waals surface area contributed by atoms with Crippen LogP contribution >= 0.6 is 0 Å². The second-order valence-corrected chi connectivity index (χ2v) is 23.2. The molecule has 9 aromatic rings. The number of hydrogen-bond acceptors (Lipinski definition) is 3. The number of furan rings is 1. The van der Waals surface area contributed by atoms with Gasteiger partial charge < -0.3 is 14.0 Å². The van der Waals surface area contributed by atoms with Crippen molar-refractivity contribution in [3.63, 3.8) is 0 Å². The van der Waals surface area contributed by atoms with E-state index in [0.717, 1.165) is 61.3 Å². The molecule has 6 heteroatoms. The molecule has 3 heterocycles. The predicted molar refractivity (Wildman–Crippen MR) is 245 cm³/mol. The molecule has 1 aliphatic rings. The van der Waals surface area contributed by atoms with Crippen molar-refractivity contribution in [2.75, 3.05) is 0 Å². The molecule has 0 saturated heterocycles. The third-order valence-corrected chi connectivity index (χ3v) is 13.9. The first-order valence-electron chi connectivity index (χ1n) is 20.2. The quantitative estimate of drug-likeness (QED) is 0.130. The molecule has 0 atom stereocenters. The molecule has 4 nitrogen and oxygen atoms in total. The fourth-order valence-corrected chi connectivity index (χ4v) is 10.6. The van der Waals surface area contributed by atoms with Crippen LogP contribution in [0.25, 0.3) is 72.4 Å². The summed E-state index contributed by atoms with van der Waals surface area (Å²) in [6.45, 7) is 20.7. The molecule has 1 aliphatic carbocycles. The zero-order valence-electron chi connectivity index (χ0n) is 35.3. The molecule has 0 aliphatic heterocycles. The summed E-state index contributed by atoms with van der Waals surface area (Å²) in [5, 5.41) is 3.63. The first-order chi connectivity index (χ1) is 27.7. The van der Waals surface area contributed by atoms with Crippen molar-refractivity contribution in [1.29, 1.82) is 0 Å². The molecule has 3 aromatic heterocycles. The van der Waals surface area contributed by atoms with Crippen LogP contribution in [-0.4, -0.2) is 22.6 Å². The Balaban J connectivity index is 0.000000165. The summed E-state index contributed by atoms with van der Waals surface area (Å²) in [7, 11) is -1.38. The van der Waals surface area contributed by atoms with Crippen LogP contribution in [0, 0.1) is 19.1 Å². The van der Waals surface area contributed by atoms with Gasteiger partial charge in [0.05, 0.1) is 30.5 Å². The standard InChI is InChI=1S/C29H23N2O.C24H26NSi.Ir/c1-29(2,3)19-15-17-20(18-16-19)31-25-13-6-5-12-24(25)30-28(31)23-11-8-10-22-21-9-4-7-14-26(21)32-27(22)23;1-16-14-21(25-15-22(16)26(4,5)6)19-12-9-11-18-17-10-7-8-13-20(17)24(2,3)23(18)19;/h4-10,12-18H,1-3H3;7-11,13-15H,1-6H3;/q2*-1;. The van der Waals surface area contributed by atoms with Crippen molar-refractivity contribution >= 4 is 46.2 Å². The second kappa shape index (κ2) is 15.0. The van der Waals surface area contributed by atoms with E-state index in [0.29, 0.717) is 0 Å². The van der Waals surface area contributed by atoms with Crippen LogP contribution in [-0.2, 0) is 30.9 Å². The molecular weight excluding hydrogens is 915 g/mol. The molecule has 0 amide bonds. The molecule has 0 unspecified atom stereocenters. The van der Waals surface area contributed by atoms with Crippen LogP contribution in [0.5, 0.6) is 0 Å². The van der Waals surface area contributed by atoms with Crippen molar-refractivity contribution < 1.29 is 24.5 Å². The number of pyridine rings is 1. The number of imidazole rings is 1. The van der Waals surface area contributed by atoms with Gasteiger partial charge in [0.1, 0.15) is 5.58 Å². The monoisotopic (exact) mass is 964 g/mol. The molecule has 6 aromatic carbocycles. The van der Waals surface area contributed by atoms with Crippen molar-refractivity contribution in [2.45, 2.75) is 72.0 Å². The van der Waals surface area contributed by atoms with E-state index in [9.17, 15) is 0 Å². The molecule has 297 valence electrons. The van der Waals surface area contributed by atoms with E-state index in [1.165, 1.54) is 38.6 Å². The number of fused-ring (bicyclic) bond motifs is 7. The summed E-state index contributed by atoms with van der Waals surface area (Å²) in [4.78, 5) is 9.91. The Morgan fingerprint density at radius 3 is 2.15 bits per heavy atom. The van der Waals surface area contributed by atoms with Gasteiger partial charge in [0.15, 0.2) is 0 Å². The van der Waals surface area contributed by atoms with E-state index in [1.54, 1.807) is 0 Å². The summed E-state index contributed by atoms with van der Waals surface area (Å²) in [5.74, 6) is 0.833. The number of rotatable bonds is 4. The average Bonchev–Trinajstić information content (AvgIpc) is 3.86. The van der Waals surface area contributed by atoms with Crippen LogP contribution in [0.1, 0.15) is 56.9 Å². The van der Waals surface area contributed by atoms with Gasteiger partial charge in [0.2, 0.25) is 0 Å². The SMILES string of the molecule is CC(C)(C)c1ccc(-n2c(-c3[c-]ccc4c3oc3ccccc34)nc3ccccc32)cc1.Cc1cc(-c2[c-]ccc3c2C(C)(C)c2ccccc2-3)ncc1[Si](C)(C)C.[Ir]. The van der Waals surface area contributed by atoms with Gasteiger partial charge >= 0.3 is 0 Å². The van der Waals surface area contributed by atoms with E-state index >= 15 is 0 Å². The van der Waals surface area contributed by atoms with Crippen molar-refractivity contribution in [2.24, 2.45) is 0 Å². The van der Waals surface area contributed by atoms with E-state index in [-0.39, 0.29) is 30.9 Å². The van der Waals surface area contributed by atoms with Gasteiger partial charge in [-0.3, -0.25) is 4.98 Å². The number of nitrogens with zero attached hydrogens (tertiary/aromatic N) is 3. The number of benzene rings is 6. The first-order valence-corrected chi connectivity index (χ1v) is 23.7. The normalized spacial score (nSPS) is 13.2. The Bertz CT molecular complexity index is 3010. The van der Waals surface area contributed by atoms with Gasteiger partial charge in [-0.15, -0.1) is 47.5 Å². The Kier molecular flexibility index (Phi) is 10.3. The van der Waals surface area contributed by atoms with E-state index < -0.39 is 8.07 Å². The topological polar surface area (TPSA) is 43.9 Å². The minimum atomic E-state index is -1.38. The Labute approximate surface area is 362 Å². The third kappa shape index (κ3) is 7.01. The maximum Gasteiger partial charge on any atom is 0.120 e. The number of aromatic nitrogens is 3. The Morgan fingerprint density at radius 2 is 1.41 bits per heavy atom. The van der Waals surface area contributed by atoms with Gasteiger partial charge in [-0.1, -0.05) is 149 Å². The summed E-state index contributed by atoms with van der Waals surface area (Å²) >= 11 is 0. The maximum absolute atomic E-state index is 6.30. The van der Waals surface area contributed by atoms with E-state index in [4.69, 9.17) is 14.4 Å². The predicted octanol–water partition coefficient (Wildman–Crippen LogP) is 13.4. The molecule has 0 bridgehead atoms.